The van der Waals surface area contributed by atoms with Gasteiger partial charge in [0.1, 0.15) is 5.82 Å². The van der Waals surface area contributed by atoms with Crippen LogP contribution in [0.15, 0.2) is 48.5 Å². The maximum absolute atomic E-state index is 11.9. The zero-order valence-electron chi connectivity index (χ0n) is 13.2. The first-order chi connectivity index (χ1) is 10.6. The lowest BCUT2D eigenvalue weighted by atomic mass is 10.1. The topological polar surface area (TPSA) is 34.9 Å². The van der Waals surface area contributed by atoms with Crippen LogP contribution in [0.5, 0.6) is 0 Å². The van der Waals surface area contributed by atoms with Gasteiger partial charge in [0.2, 0.25) is 0 Å². The SMILES string of the molecule is CC(=O)C(C)n1c(Cc2ccccc2C)nc2ccccc21. The second-order valence-electron chi connectivity index (χ2n) is 5.78. The molecule has 1 unspecified atom stereocenters. The molecule has 0 bridgehead atoms. The van der Waals surface area contributed by atoms with Crippen LogP contribution < -0.4 is 0 Å². The van der Waals surface area contributed by atoms with Crippen molar-refractivity contribution in [2.45, 2.75) is 33.2 Å². The van der Waals surface area contributed by atoms with Crippen LogP contribution >= 0.6 is 0 Å². The number of nitrogens with zero attached hydrogens (tertiary/aromatic N) is 2. The van der Waals surface area contributed by atoms with Gasteiger partial charge >= 0.3 is 0 Å². The first kappa shape index (κ1) is 14.5. The predicted molar refractivity (Wildman–Crippen MR) is 89.1 cm³/mol. The minimum atomic E-state index is -0.202. The number of aryl methyl sites for hydroxylation is 1. The number of hydrogen-bond donors (Lipinski definition) is 0. The van der Waals surface area contributed by atoms with Gasteiger partial charge in [-0.3, -0.25) is 4.79 Å². The quantitative estimate of drug-likeness (QED) is 0.726. The smallest absolute Gasteiger partial charge is 0.152 e. The van der Waals surface area contributed by atoms with E-state index in [1.54, 1.807) is 6.92 Å². The minimum Gasteiger partial charge on any atom is -0.317 e. The van der Waals surface area contributed by atoms with E-state index in [0.29, 0.717) is 0 Å². The molecule has 1 atom stereocenters. The lowest BCUT2D eigenvalue weighted by Gasteiger charge is -2.15. The summed E-state index contributed by atoms with van der Waals surface area (Å²) in [7, 11) is 0. The van der Waals surface area contributed by atoms with E-state index >= 15 is 0 Å². The predicted octanol–water partition coefficient (Wildman–Crippen LogP) is 4.09. The summed E-state index contributed by atoms with van der Waals surface area (Å²) in [5.41, 5.74) is 4.46. The summed E-state index contributed by atoms with van der Waals surface area (Å²) < 4.78 is 2.07. The lowest BCUT2D eigenvalue weighted by Crippen LogP contribution is -2.16. The van der Waals surface area contributed by atoms with Gasteiger partial charge in [-0.1, -0.05) is 36.4 Å². The molecule has 0 spiro atoms. The van der Waals surface area contributed by atoms with Crippen LogP contribution in [-0.2, 0) is 11.2 Å². The van der Waals surface area contributed by atoms with Crippen LogP contribution in [0, 0.1) is 6.92 Å². The van der Waals surface area contributed by atoms with E-state index < -0.39 is 0 Å². The Morgan fingerprint density at radius 3 is 2.55 bits per heavy atom. The molecular weight excluding hydrogens is 272 g/mol. The molecule has 0 amide bonds. The number of aromatic nitrogens is 2. The highest BCUT2D eigenvalue weighted by molar-refractivity contribution is 5.84. The van der Waals surface area contributed by atoms with Gasteiger partial charge in [0.25, 0.3) is 0 Å². The molecule has 0 fully saturated rings. The molecule has 1 aromatic heterocycles. The Bertz CT molecular complexity index is 832. The fraction of sp³-hybridized carbons (Fsp3) is 0.263. The van der Waals surface area contributed by atoms with E-state index in [9.17, 15) is 4.79 Å². The third kappa shape index (κ3) is 2.54. The average Bonchev–Trinajstić information content (AvgIpc) is 2.86. The van der Waals surface area contributed by atoms with Gasteiger partial charge in [-0.25, -0.2) is 4.98 Å². The summed E-state index contributed by atoms with van der Waals surface area (Å²) in [6, 6.07) is 16.1. The van der Waals surface area contributed by atoms with Gasteiger partial charge < -0.3 is 4.57 Å². The molecule has 1 heterocycles. The molecular formula is C19H20N2O. The van der Waals surface area contributed by atoms with E-state index in [1.165, 1.54) is 11.1 Å². The molecule has 3 heteroatoms. The van der Waals surface area contributed by atoms with E-state index in [4.69, 9.17) is 4.98 Å². The molecule has 112 valence electrons. The third-order valence-electron chi connectivity index (χ3n) is 4.25. The van der Waals surface area contributed by atoms with Crippen molar-refractivity contribution in [2.24, 2.45) is 0 Å². The fourth-order valence-electron chi connectivity index (χ4n) is 2.81. The van der Waals surface area contributed by atoms with Crippen molar-refractivity contribution in [3.8, 4) is 0 Å². The maximum Gasteiger partial charge on any atom is 0.152 e. The Labute approximate surface area is 130 Å². The van der Waals surface area contributed by atoms with Crippen molar-refractivity contribution in [1.82, 2.24) is 9.55 Å². The van der Waals surface area contributed by atoms with Gasteiger partial charge in [0, 0.05) is 6.42 Å². The number of rotatable bonds is 4. The summed E-state index contributed by atoms with van der Waals surface area (Å²) in [6.45, 7) is 5.69. The van der Waals surface area contributed by atoms with Crippen LogP contribution in [0.25, 0.3) is 11.0 Å². The summed E-state index contributed by atoms with van der Waals surface area (Å²) in [5, 5.41) is 0. The first-order valence-corrected chi connectivity index (χ1v) is 7.58. The Morgan fingerprint density at radius 2 is 1.82 bits per heavy atom. The molecule has 0 saturated heterocycles. The number of para-hydroxylation sites is 2. The fourth-order valence-corrected chi connectivity index (χ4v) is 2.81. The summed E-state index contributed by atoms with van der Waals surface area (Å²) in [6.07, 6.45) is 0.735. The number of fused-ring (bicyclic) bond motifs is 1. The largest absolute Gasteiger partial charge is 0.317 e. The molecule has 0 saturated carbocycles. The number of imidazole rings is 1. The van der Waals surface area contributed by atoms with Crippen molar-refractivity contribution in [1.29, 1.82) is 0 Å². The van der Waals surface area contributed by atoms with E-state index in [1.807, 2.05) is 43.3 Å². The van der Waals surface area contributed by atoms with E-state index in [0.717, 1.165) is 23.3 Å². The van der Waals surface area contributed by atoms with Crippen molar-refractivity contribution in [2.75, 3.05) is 0 Å². The van der Waals surface area contributed by atoms with Crippen LogP contribution in [0.2, 0.25) is 0 Å². The number of ketones is 1. The second kappa shape index (κ2) is 5.76. The van der Waals surface area contributed by atoms with Gasteiger partial charge in [0.05, 0.1) is 17.1 Å². The molecule has 3 nitrogen and oxygen atoms in total. The van der Waals surface area contributed by atoms with Gasteiger partial charge in [0.15, 0.2) is 5.78 Å². The van der Waals surface area contributed by atoms with Gasteiger partial charge in [-0.15, -0.1) is 0 Å². The highest BCUT2D eigenvalue weighted by Crippen LogP contribution is 2.24. The Kier molecular flexibility index (Phi) is 3.80. The highest BCUT2D eigenvalue weighted by atomic mass is 16.1. The molecule has 0 N–H and O–H groups in total. The first-order valence-electron chi connectivity index (χ1n) is 7.58. The third-order valence-corrected chi connectivity index (χ3v) is 4.25. The molecule has 0 radical (unpaired) electrons. The average molecular weight is 292 g/mol. The molecule has 0 aliphatic carbocycles. The number of hydrogen-bond acceptors (Lipinski definition) is 2. The normalized spacial score (nSPS) is 12.5. The van der Waals surface area contributed by atoms with Crippen molar-refractivity contribution >= 4 is 16.8 Å². The number of Topliss-reactive ketones (excluding diaryl/α,β-unsaturated/α-hetero) is 1. The lowest BCUT2D eigenvalue weighted by molar-refractivity contribution is -0.119. The number of carbonyl (C=O) groups is 1. The standard InChI is InChI=1S/C19H20N2O/c1-13-8-4-5-9-16(13)12-19-20-17-10-6-7-11-18(17)21(19)14(2)15(3)22/h4-11,14H,12H2,1-3H3. The monoisotopic (exact) mass is 292 g/mol. The molecule has 22 heavy (non-hydrogen) atoms. The van der Waals surface area contributed by atoms with Crippen LogP contribution in [0.3, 0.4) is 0 Å². The minimum absolute atomic E-state index is 0.147. The van der Waals surface area contributed by atoms with Crippen LogP contribution in [-0.4, -0.2) is 15.3 Å². The number of carbonyl (C=O) groups excluding carboxylic acids is 1. The Balaban J connectivity index is 2.14. The maximum atomic E-state index is 11.9. The molecule has 3 aromatic rings. The molecule has 0 aliphatic heterocycles. The summed E-state index contributed by atoms with van der Waals surface area (Å²) in [4.78, 5) is 16.7. The molecule has 0 aliphatic rings. The Morgan fingerprint density at radius 1 is 1.14 bits per heavy atom. The Hall–Kier alpha value is -2.42. The van der Waals surface area contributed by atoms with Crippen LogP contribution in [0.1, 0.15) is 36.8 Å². The molecule has 3 rings (SSSR count). The second-order valence-corrected chi connectivity index (χ2v) is 5.78. The van der Waals surface area contributed by atoms with E-state index in [2.05, 4.69) is 23.6 Å². The van der Waals surface area contributed by atoms with Crippen molar-refractivity contribution in [3.63, 3.8) is 0 Å². The summed E-state index contributed by atoms with van der Waals surface area (Å²) in [5.74, 6) is 1.09. The van der Waals surface area contributed by atoms with Gasteiger partial charge in [-0.2, -0.15) is 0 Å². The van der Waals surface area contributed by atoms with E-state index in [-0.39, 0.29) is 11.8 Å². The molecule has 2 aromatic carbocycles. The van der Waals surface area contributed by atoms with Gasteiger partial charge in [-0.05, 0) is 44.0 Å². The summed E-state index contributed by atoms with van der Waals surface area (Å²) >= 11 is 0. The zero-order chi connectivity index (χ0) is 15.7. The zero-order valence-corrected chi connectivity index (χ0v) is 13.2. The van der Waals surface area contributed by atoms with Crippen LogP contribution in [0.4, 0.5) is 0 Å². The number of benzene rings is 2. The van der Waals surface area contributed by atoms with Crippen molar-refractivity contribution < 1.29 is 4.79 Å². The van der Waals surface area contributed by atoms with Crippen molar-refractivity contribution in [3.05, 3.63) is 65.5 Å². The highest BCUT2D eigenvalue weighted by Gasteiger charge is 2.19.